The third-order valence-electron chi connectivity index (χ3n) is 6.83. The maximum absolute atomic E-state index is 13.5. The standard InChI is InChI=1S/C21H25N3O2S/c1-24(19(25)21-10-13-7-14(11-21)9-15(8-13)12-21)20-23-22-18(27-20)16-3-5-17(26-2)6-4-16/h3-6,13-15H,7-12H2,1-2H3. The summed E-state index contributed by atoms with van der Waals surface area (Å²) >= 11 is 1.48. The number of hydrogen-bond donors (Lipinski definition) is 0. The molecule has 0 unspecified atom stereocenters. The highest BCUT2D eigenvalue weighted by atomic mass is 32.1. The molecule has 142 valence electrons. The summed E-state index contributed by atoms with van der Waals surface area (Å²) in [6.45, 7) is 0. The highest BCUT2D eigenvalue weighted by molar-refractivity contribution is 7.18. The second-order valence-electron chi connectivity index (χ2n) is 8.68. The van der Waals surface area contributed by atoms with Crippen LogP contribution in [-0.2, 0) is 4.79 Å². The fraction of sp³-hybridized carbons (Fsp3) is 0.571. The zero-order chi connectivity index (χ0) is 18.6. The highest BCUT2D eigenvalue weighted by Crippen LogP contribution is 2.60. The van der Waals surface area contributed by atoms with Gasteiger partial charge in [-0.25, -0.2) is 0 Å². The van der Waals surface area contributed by atoms with E-state index in [9.17, 15) is 4.79 Å². The van der Waals surface area contributed by atoms with E-state index in [2.05, 4.69) is 10.2 Å². The molecule has 4 aliphatic rings. The summed E-state index contributed by atoms with van der Waals surface area (Å²) in [4.78, 5) is 15.3. The Hall–Kier alpha value is -1.95. The number of carbonyl (C=O) groups excluding carboxylic acids is 1. The van der Waals surface area contributed by atoms with Crippen molar-refractivity contribution in [3.05, 3.63) is 24.3 Å². The van der Waals surface area contributed by atoms with Crippen molar-refractivity contribution < 1.29 is 9.53 Å². The Kier molecular flexibility index (Phi) is 4.00. The Morgan fingerprint density at radius 1 is 1.07 bits per heavy atom. The van der Waals surface area contributed by atoms with Gasteiger partial charge in [0.05, 0.1) is 12.5 Å². The second kappa shape index (κ2) is 6.30. The second-order valence-corrected chi connectivity index (χ2v) is 9.64. The van der Waals surface area contributed by atoms with Crippen LogP contribution in [0.5, 0.6) is 5.75 Å². The molecule has 1 heterocycles. The molecule has 6 heteroatoms. The van der Waals surface area contributed by atoms with Gasteiger partial charge >= 0.3 is 0 Å². The number of nitrogens with zero attached hydrogens (tertiary/aromatic N) is 3. The first-order valence-electron chi connectivity index (χ1n) is 9.82. The number of anilines is 1. The van der Waals surface area contributed by atoms with Gasteiger partial charge in [0.2, 0.25) is 11.0 Å². The normalized spacial score (nSPS) is 31.1. The van der Waals surface area contributed by atoms with Crippen LogP contribution in [0.15, 0.2) is 24.3 Å². The molecule has 0 atom stereocenters. The maximum Gasteiger partial charge on any atom is 0.234 e. The first-order valence-corrected chi connectivity index (χ1v) is 10.6. The van der Waals surface area contributed by atoms with Crippen molar-refractivity contribution in [2.45, 2.75) is 38.5 Å². The van der Waals surface area contributed by atoms with Crippen LogP contribution >= 0.6 is 11.3 Å². The molecule has 0 aliphatic heterocycles. The van der Waals surface area contributed by atoms with Crippen molar-refractivity contribution >= 4 is 22.4 Å². The first kappa shape index (κ1) is 17.2. The van der Waals surface area contributed by atoms with Crippen LogP contribution in [0.3, 0.4) is 0 Å². The summed E-state index contributed by atoms with van der Waals surface area (Å²) in [7, 11) is 3.53. The Morgan fingerprint density at radius 2 is 1.67 bits per heavy atom. The number of benzene rings is 1. The van der Waals surface area contributed by atoms with Crippen LogP contribution in [-0.4, -0.2) is 30.3 Å². The van der Waals surface area contributed by atoms with Gasteiger partial charge in [-0.05, 0) is 80.5 Å². The van der Waals surface area contributed by atoms with Gasteiger partial charge in [0.1, 0.15) is 10.8 Å². The molecule has 1 aromatic heterocycles. The number of aromatic nitrogens is 2. The molecule has 27 heavy (non-hydrogen) atoms. The summed E-state index contributed by atoms with van der Waals surface area (Å²) in [5.74, 6) is 3.37. The minimum atomic E-state index is -0.143. The first-order chi connectivity index (χ1) is 13.1. The fourth-order valence-corrected chi connectivity index (χ4v) is 6.83. The number of carbonyl (C=O) groups is 1. The molecule has 4 fully saturated rings. The largest absolute Gasteiger partial charge is 0.497 e. The minimum Gasteiger partial charge on any atom is -0.497 e. The van der Waals surface area contributed by atoms with Gasteiger partial charge in [-0.1, -0.05) is 11.3 Å². The summed E-state index contributed by atoms with van der Waals surface area (Å²) < 4.78 is 5.21. The van der Waals surface area contributed by atoms with E-state index in [4.69, 9.17) is 4.74 Å². The van der Waals surface area contributed by atoms with E-state index in [1.54, 1.807) is 12.0 Å². The van der Waals surface area contributed by atoms with Crippen molar-refractivity contribution in [1.82, 2.24) is 10.2 Å². The minimum absolute atomic E-state index is 0.143. The molecule has 4 saturated carbocycles. The Bertz CT molecular complexity index is 825. The quantitative estimate of drug-likeness (QED) is 0.786. The van der Waals surface area contributed by atoms with Gasteiger partial charge in [-0.2, -0.15) is 0 Å². The molecular formula is C21H25N3O2S. The molecule has 6 rings (SSSR count). The topological polar surface area (TPSA) is 55.3 Å². The van der Waals surface area contributed by atoms with Crippen molar-refractivity contribution in [3.63, 3.8) is 0 Å². The molecule has 2 aromatic rings. The average molecular weight is 384 g/mol. The van der Waals surface area contributed by atoms with E-state index in [0.29, 0.717) is 5.13 Å². The summed E-state index contributed by atoms with van der Waals surface area (Å²) in [6.07, 6.45) is 7.26. The Morgan fingerprint density at radius 3 is 2.22 bits per heavy atom. The van der Waals surface area contributed by atoms with E-state index < -0.39 is 0 Å². The predicted molar refractivity (Wildman–Crippen MR) is 106 cm³/mol. The van der Waals surface area contributed by atoms with Gasteiger partial charge in [0.15, 0.2) is 0 Å². The molecule has 5 nitrogen and oxygen atoms in total. The van der Waals surface area contributed by atoms with E-state index >= 15 is 0 Å². The third-order valence-corrected chi connectivity index (χ3v) is 7.88. The highest BCUT2D eigenvalue weighted by Gasteiger charge is 2.55. The van der Waals surface area contributed by atoms with Crippen molar-refractivity contribution in [2.24, 2.45) is 23.2 Å². The molecule has 0 saturated heterocycles. The van der Waals surface area contributed by atoms with E-state index in [-0.39, 0.29) is 11.3 Å². The van der Waals surface area contributed by atoms with Crippen LogP contribution in [0.25, 0.3) is 10.6 Å². The van der Waals surface area contributed by atoms with E-state index in [1.807, 2.05) is 31.3 Å². The van der Waals surface area contributed by atoms with Gasteiger partial charge in [0.25, 0.3) is 0 Å². The van der Waals surface area contributed by atoms with Gasteiger partial charge in [-0.15, -0.1) is 10.2 Å². The zero-order valence-electron chi connectivity index (χ0n) is 15.9. The van der Waals surface area contributed by atoms with Gasteiger partial charge in [0, 0.05) is 12.6 Å². The van der Waals surface area contributed by atoms with Gasteiger partial charge < -0.3 is 4.74 Å². The van der Waals surface area contributed by atoms with Crippen molar-refractivity contribution in [2.75, 3.05) is 19.1 Å². The number of amides is 1. The number of rotatable bonds is 4. The smallest absolute Gasteiger partial charge is 0.234 e. The maximum atomic E-state index is 13.5. The SMILES string of the molecule is COc1ccc(-c2nnc(N(C)C(=O)C34CC5CC(CC(C5)C3)C4)s2)cc1. The molecule has 1 aromatic carbocycles. The monoisotopic (exact) mass is 383 g/mol. The van der Waals surface area contributed by atoms with Crippen molar-refractivity contribution in [1.29, 1.82) is 0 Å². The lowest BCUT2D eigenvalue weighted by atomic mass is 9.49. The van der Waals surface area contributed by atoms with E-state index in [0.717, 1.165) is 53.3 Å². The number of ether oxygens (including phenoxy) is 1. The Balaban J connectivity index is 1.37. The molecule has 4 aliphatic carbocycles. The molecular weight excluding hydrogens is 358 g/mol. The average Bonchev–Trinajstić information content (AvgIpc) is 3.16. The third kappa shape index (κ3) is 2.85. The lowest BCUT2D eigenvalue weighted by molar-refractivity contribution is -0.143. The molecule has 1 amide bonds. The van der Waals surface area contributed by atoms with Crippen LogP contribution in [0.4, 0.5) is 5.13 Å². The molecule has 0 radical (unpaired) electrons. The number of methoxy groups -OCH3 is 1. The van der Waals surface area contributed by atoms with Crippen molar-refractivity contribution in [3.8, 4) is 16.3 Å². The predicted octanol–water partition coefficient (Wildman–Crippen LogP) is 4.39. The molecule has 0 spiro atoms. The molecule has 0 N–H and O–H groups in total. The lowest BCUT2D eigenvalue weighted by Crippen LogP contribution is -2.54. The van der Waals surface area contributed by atoms with Gasteiger partial charge in [-0.3, -0.25) is 9.69 Å². The Labute approximate surface area is 163 Å². The fourth-order valence-electron chi connectivity index (χ4n) is 6.02. The summed E-state index contributed by atoms with van der Waals surface area (Å²) in [6, 6.07) is 7.79. The summed E-state index contributed by atoms with van der Waals surface area (Å²) in [5, 5.41) is 10.2. The van der Waals surface area contributed by atoms with Crippen LogP contribution in [0.1, 0.15) is 38.5 Å². The number of hydrogen-bond acceptors (Lipinski definition) is 5. The van der Waals surface area contributed by atoms with Crippen LogP contribution in [0, 0.1) is 23.2 Å². The van der Waals surface area contributed by atoms with Crippen LogP contribution < -0.4 is 9.64 Å². The van der Waals surface area contributed by atoms with Crippen LogP contribution in [0.2, 0.25) is 0 Å². The lowest BCUT2D eigenvalue weighted by Gasteiger charge is -2.56. The molecule has 4 bridgehead atoms. The summed E-state index contributed by atoms with van der Waals surface area (Å²) in [5.41, 5.74) is 0.852. The van der Waals surface area contributed by atoms with E-state index in [1.165, 1.54) is 30.6 Å². The zero-order valence-corrected chi connectivity index (χ0v) is 16.7.